The van der Waals surface area contributed by atoms with Crippen LogP contribution >= 0.6 is 0 Å². The Hall–Kier alpha value is -1.76. The van der Waals surface area contributed by atoms with Crippen molar-refractivity contribution in [2.45, 2.75) is 57.7 Å². The van der Waals surface area contributed by atoms with Crippen molar-refractivity contribution < 1.29 is 23.0 Å². The number of benzene rings is 1. The van der Waals surface area contributed by atoms with Gasteiger partial charge >= 0.3 is 6.18 Å². The first kappa shape index (κ1) is 21.5. The molecule has 2 rings (SSSR count). The van der Waals surface area contributed by atoms with Crippen molar-refractivity contribution >= 4 is 12.0 Å². The second-order valence-electron chi connectivity index (χ2n) is 7.26. The lowest BCUT2D eigenvalue weighted by molar-refractivity contribution is -0.290. The molecule has 0 aliphatic heterocycles. The van der Waals surface area contributed by atoms with Gasteiger partial charge in [-0.05, 0) is 38.3 Å². The molecule has 1 atom stereocenters. The summed E-state index contributed by atoms with van der Waals surface area (Å²) in [6, 6.07) is 2.85. The molecule has 152 valence electrons. The lowest BCUT2D eigenvalue weighted by atomic mass is 9.72. The van der Waals surface area contributed by atoms with Crippen LogP contribution in [0.3, 0.4) is 0 Å². The molecule has 1 unspecified atom stereocenters. The minimum Gasteiger partial charge on any atom is -0.496 e. The van der Waals surface area contributed by atoms with Crippen LogP contribution < -0.4 is 4.74 Å². The molecule has 0 aromatic heterocycles. The highest BCUT2D eigenvalue weighted by Crippen LogP contribution is 2.52. The number of aliphatic imine (C=N–C) groups is 1. The zero-order valence-electron chi connectivity index (χ0n) is 16.4. The van der Waals surface area contributed by atoms with Crippen LogP contribution in [0.4, 0.5) is 18.9 Å². The van der Waals surface area contributed by atoms with Crippen LogP contribution in [0.5, 0.6) is 5.75 Å². The lowest BCUT2D eigenvalue weighted by Gasteiger charge is -2.40. The smallest absolute Gasteiger partial charge is 0.421 e. The molecule has 1 aliphatic rings. The molecule has 27 heavy (non-hydrogen) atoms. The highest BCUT2D eigenvalue weighted by Gasteiger charge is 2.60. The molecule has 1 fully saturated rings. The van der Waals surface area contributed by atoms with Gasteiger partial charge in [-0.25, -0.2) is 4.99 Å². The predicted octanol–water partition coefficient (Wildman–Crippen LogP) is 4.95. The van der Waals surface area contributed by atoms with Crippen LogP contribution in [0.1, 0.15) is 50.2 Å². The number of methoxy groups -OCH3 is 1. The molecule has 0 heterocycles. The zero-order chi connectivity index (χ0) is 20.2. The summed E-state index contributed by atoms with van der Waals surface area (Å²) >= 11 is 0. The molecule has 1 aromatic rings. The number of hydrogen-bond acceptors (Lipinski definition) is 3. The molecule has 0 saturated heterocycles. The SMILES string of the molecule is CCN(C)C=Nc1cc(OC)c(C(O)(C2CCCCC2)C(F)(F)F)cc1C. The average Bonchev–Trinajstić information content (AvgIpc) is 2.65. The number of hydrogen-bond donors (Lipinski definition) is 1. The number of alkyl halides is 3. The van der Waals surface area contributed by atoms with E-state index >= 15 is 0 Å². The highest BCUT2D eigenvalue weighted by molar-refractivity contribution is 5.65. The Morgan fingerprint density at radius 3 is 2.41 bits per heavy atom. The molecule has 0 spiro atoms. The number of ether oxygens (including phenoxy) is 1. The standard InChI is InChI=1S/C20H29F3N2O2/c1-5-25(3)13-24-17-12-18(27-4)16(11-14(17)2)19(26,20(21,22)23)15-9-7-6-8-10-15/h11-13,15,26H,5-10H2,1-4H3. The third kappa shape index (κ3) is 4.39. The molecule has 1 saturated carbocycles. The van der Waals surface area contributed by atoms with Crippen LogP contribution in [0.2, 0.25) is 0 Å². The molecule has 1 N–H and O–H groups in total. The van der Waals surface area contributed by atoms with Gasteiger partial charge in [-0.2, -0.15) is 13.2 Å². The summed E-state index contributed by atoms with van der Waals surface area (Å²) in [5.74, 6) is -0.863. The van der Waals surface area contributed by atoms with Gasteiger partial charge in [-0.15, -0.1) is 0 Å². The van der Waals surface area contributed by atoms with E-state index in [4.69, 9.17) is 4.74 Å². The molecule has 0 amide bonds. The van der Waals surface area contributed by atoms with Gasteiger partial charge in [0, 0.05) is 31.1 Å². The van der Waals surface area contributed by atoms with Crippen LogP contribution in [-0.4, -0.2) is 43.2 Å². The molecule has 4 nitrogen and oxygen atoms in total. The van der Waals surface area contributed by atoms with Crippen molar-refractivity contribution in [1.29, 1.82) is 0 Å². The topological polar surface area (TPSA) is 45.1 Å². The summed E-state index contributed by atoms with van der Waals surface area (Å²) in [7, 11) is 3.17. The number of rotatable bonds is 6. The predicted molar refractivity (Wildman–Crippen MR) is 101 cm³/mol. The fourth-order valence-electron chi connectivity index (χ4n) is 3.65. The molecule has 1 aliphatic carbocycles. The molecule has 0 bridgehead atoms. The van der Waals surface area contributed by atoms with E-state index in [1.165, 1.54) is 19.2 Å². The fourth-order valence-corrected chi connectivity index (χ4v) is 3.65. The fraction of sp³-hybridized carbons (Fsp3) is 0.650. The number of nitrogens with zero attached hydrogens (tertiary/aromatic N) is 2. The summed E-state index contributed by atoms with van der Waals surface area (Å²) in [6.07, 6.45) is -0.190. The maximum Gasteiger partial charge on any atom is 0.421 e. The highest BCUT2D eigenvalue weighted by atomic mass is 19.4. The average molecular weight is 386 g/mol. The number of halogens is 3. The van der Waals surface area contributed by atoms with E-state index in [1.807, 2.05) is 18.9 Å². The van der Waals surface area contributed by atoms with E-state index in [0.717, 1.165) is 13.0 Å². The van der Waals surface area contributed by atoms with Crippen molar-refractivity contribution in [2.24, 2.45) is 10.9 Å². The second kappa shape index (κ2) is 8.50. The van der Waals surface area contributed by atoms with Crippen molar-refractivity contribution in [3.63, 3.8) is 0 Å². The zero-order valence-corrected chi connectivity index (χ0v) is 16.4. The van der Waals surface area contributed by atoms with Crippen LogP contribution in [0.25, 0.3) is 0 Å². The Morgan fingerprint density at radius 2 is 1.89 bits per heavy atom. The summed E-state index contributed by atoms with van der Waals surface area (Å²) in [6.45, 7) is 4.42. The third-order valence-corrected chi connectivity index (χ3v) is 5.45. The molecule has 7 heteroatoms. The van der Waals surface area contributed by atoms with Gasteiger partial charge in [-0.1, -0.05) is 19.3 Å². The Kier molecular flexibility index (Phi) is 6.78. The van der Waals surface area contributed by atoms with Crippen molar-refractivity contribution in [1.82, 2.24) is 4.90 Å². The van der Waals surface area contributed by atoms with Gasteiger partial charge in [0.2, 0.25) is 0 Å². The monoisotopic (exact) mass is 386 g/mol. The normalized spacial score (nSPS) is 18.5. The van der Waals surface area contributed by atoms with E-state index in [9.17, 15) is 18.3 Å². The van der Waals surface area contributed by atoms with E-state index in [-0.39, 0.29) is 11.3 Å². The van der Waals surface area contributed by atoms with Crippen LogP contribution in [0, 0.1) is 12.8 Å². The molecule has 1 aromatic carbocycles. The van der Waals surface area contributed by atoms with Gasteiger partial charge in [0.05, 0.1) is 19.1 Å². The first-order valence-corrected chi connectivity index (χ1v) is 9.37. The van der Waals surface area contributed by atoms with Crippen LogP contribution in [-0.2, 0) is 5.60 Å². The van der Waals surface area contributed by atoms with Crippen LogP contribution in [0.15, 0.2) is 17.1 Å². The van der Waals surface area contributed by atoms with Gasteiger partial charge < -0.3 is 14.7 Å². The number of aliphatic hydroxyl groups is 1. The first-order valence-electron chi connectivity index (χ1n) is 9.37. The summed E-state index contributed by atoms with van der Waals surface area (Å²) in [5, 5.41) is 11.0. The third-order valence-electron chi connectivity index (χ3n) is 5.45. The summed E-state index contributed by atoms with van der Waals surface area (Å²) in [5.41, 5.74) is -2.06. The summed E-state index contributed by atoms with van der Waals surface area (Å²) < 4.78 is 47.5. The Balaban J connectivity index is 2.56. The largest absolute Gasteiger partial charge is 0.496 e. The van der Waals surface area contributed by atoms with Gasteiger partial charge in [-0.3, -0.25) is 0 Å². The summed E-state index contributed by atoms with van der Waals surface area (Å²) in [4.78, 5) is 6.20. The quantitative estimate of drug-likeness (QED) is 0.556. The maximum atomic E-state index is 14.1. The van der Waals surface area contributed by atoms with Gasteiger partial charge in [0.15, 0.2) is 5.60 Å². The lowest BCUT2D eigenvalue weighted by Crippen LogP contribution is -2.49. The molecular weight excluding hydrogens is 357 g/mol. The van der Waals surface area contributed by atoms with Gasteiger partial charge in [0.1, 0.15) is 5.75 Å². The Morgan fingerprint density at radius 1 is 1.26 bits per heavy atom. The molecular formula is C20H29F3N2O2. The number of aryl methyl sites for hydroxylation is 1. The van der Waals surface area contributed by atoms with E-state index < -0.39 is 17.7 Å². The van der Waals surface area contributed by atoms with E-state index in [2.05, 4.69) is 4.99 Å². The first-order chi connectivity index (χ1) is 12.6. The van der Waals surface area contributed by atoms with Gasteiger partial charge in [0.25, 0.3) is 0 Å². The second-order valence-corrected chi connectivity index (χ2v) is 7.26. The molecule has 0 radical (unpaired) electrons. The minimum atomic E-state index is -4.79. The Bertz CT molecular complexity index is 670. The van der Waals surface area contributed by atoms with Crippen molar-refractivity contribution in [3.8, 4) is 5.75 Å². The maximum absolute atomic E-state index is 14.1. The van der Waals surface area contributed by atoms with Crippen molar-refractivity contribution in [3.05, 3.63) is 23.3 Å². The van der Waals surface area contributed by atoms with E-state index in [0.29, 0.717) is 36.9 Å². The minimum absolute atomic E-state index is 0.0114. The Labute approximate surface area is 159 Å². The van der Waals surface area contributed by atoms with Crippen molar-refractivity contribution in [2.75, 3.05) is 20.7 Å². The van der Waals surface area contributed by atoms with E-state index in [1.54, 1.807) is 13.3 Å².